The van der Waals surface area contributed by atoms with Gasteiger partial charge in [0.05, 0.1) is 12.4 Å². The molecular weight excluding hydrogens is 228 g/mol. The molecule has 0 aromatic carbocycles. The van der Waals surface area contributed by atoms with Gasteiger partial charge in [-0.15, -0.1) is 0 Å². The van der Waals surface area contributed by atoms with Crippen molar-refractivity contribution in [2.24, 2.45) is 11.7 Å². The Balaban J connectivity index is 3.51. The van der Waals surface area contributed by atoms with E-state index in [2.05, 4.69) is 18.6 Å². The van der Waals surface area contributed by atoms with Gasteiger partial charge in [0.2, 0.25) is 10.0 Å². The average Bonchev–Trinajstić information content (AvgIpc) is 2.16. The van der Waals surface area contributed by atoms with Crippen molar-refractivity contribution in [3.63, 3.8) is 0 Å². The Hall–Kier alpha value is -0.170. The summed E-state index contributed by atoms with van der Waals surface area (Å²) in [5.41, 5.74) is 5.29. The van der Waals surface area contributed by atoms with E-state index >= 15 is 0 Å². The largest absolute Gasteiger partial charge is 0.380 e. The first-order valence-electron chi connectivity index (χ1n) is 5.73. The van der Waals surface area contributed by atoms with Gasteiger partial charge in [0, 0.05) is 13.2 Å². The van der Waals surface area contributed by atoms with Crippen LogP contribution in [-0.4, -0.2) is 40.5 Å². The minimum absolute atomic E-state index is 0.147. The third-order valence-electron chi connectivity index (χ3n) is 1.89. The summed E-state index contributed by atoms with van der Waals surface area (Å²) in [6.45, 7) is 6.07. The quantitative estimate of drug-likeness (QED) is 0.549. The van der Waals surface area contributed by atoms with E-state index in [4.69, 9.17) is 10.5 Å². The third-order valence-corrected chi connectivity index (χ3v) is 3.36. The molecule has 0 unspecified atom stereocenters. The van der Waals surface area contributed by atoms with Crippen molar-refractivity contribution in [3.8, 4) is 0 Å². The second-order valence-electron chi connectivity index (χ2n) is 4.18. The van der Waals surface area contributed by atoms with Crippen LogP contribution in [0.3, 0.4) is 0 Å². The maximum absolute atomic E-state index is 11.4. The molecule has 0 aliphatic rings. The lowest BCUT2D eigenvalue weighted by atomic mass is 10.2. The van der Waals surface area contributed by atoms with Gasteiger partial charge in [-0.3, -0.25) is 0 Å². The number of sulfonamides is 1. The summed E-state index contributed by atoms with van der Waals surface area (Å²) in [5.74, 6) is 0.621. The molecule has 0 saturated heterocycles. The van der Waals surface area contributed by atoms with Crippen molar-refractivity contribution >= 4 is 10.0 Å². The van der Waals surface area contributed by atoms with E-state index in [9.17, 15) is 8.42 Å². The molecule has 0 rings (SSSR count). The lowest BCUT2D eigenvalue weighted by Gasteiger charge is -2.08. The molecule has 0 spiro atoms. The molecule has 0 aromatic heterocycles. The van der Waals surface area contributed by atoms with E-state index in [-0.39, 0.29) is 5.75 Å². The monoisotopic (exact) mass is 252 g/mol. The van der Waals surface area contributed by atoms with Crippen LogP contribution < -0.4 is 10.5 Å². The summed E-state index contributed by atoms with van der Waals surface area (Å²) in [7, 11) is -3.14. The number of nitrogens with two attached hydrogens (primary N) is 1. The minimum Gasteiger partial charge on any atom is -0.380 e. The van der Waals surface area contributed by atoms with Gasteiger partial charge in [0.25, 0.3) is 0 Å². The van der Waals surface area contributed by atoms with Crippen LogP contribution in [0.2, 0.25) is 0 Å². The highest BCUT2D eigenvalue weighted by Gasteiger charge is 2.08. The smallest absolute Gasteiger partial charge is 0.211 e. The molecule has 0 aliphatic heterocycles. The van der Waals surface area contributed by atoms with Gasteiger partial charge in [-0.25, -0.2) is 13.1 Å². The molecule has 0 aromatic rings. The molecule has 0 amide bonds. The van der Waals surface area contributed by atoms with Crippen molar-refractivity contribution in [2.45, 2.75) is 26.7 Å². The number of hydrogen-bond donors (Lipinski definition) is 2. The van der Waals surface area contributed by atoms with Gasteiger partial charge in [-0.1, -0.05) is 13.8 Å². The van der Waals surface area contributed by atoms with Crippen LogP contribution in [0, 0.1) is 5.92 Å². The van der Waals surface area contributed by atoms with Crippen LogP contribution in [0.25, 0.3) is 0 Å². The Labute approximate surface area is 98.8 Å². The molecule has 0 heterocycles. The number of rotatable bonds is 10. The second kappa shape index (κ2) is 8.92. The molecule has 0 saturated carbocycles. The van der Waals surface area contributed by atoms with Gasteiger partial charge in [-0.2, -0.15) is 0 Å². The fourth-order valence-electron chi connectivity index (χ4n) is 1.10. The Kier molecular flexibility index (Phi) is 8.83. The lowest BCUT2D eigenvalue weighted by Crippen LogP contribution is -2.30. The average molecular weight is 252 g/mol. The van der Waals surface area contributed by atoms with Crippen molar-refractivity contribution in [1.82, 2.24) is 4.72 Å². The van der Waals surface area contributed by atoms with E-state index in [1.807, 2.05) is 0 Å². The fraction of sp³-hybridized carbons (Fsp3) is 1.00. The van der Waals surface area contributed by atoms with Gasteiger partial charge in [0.1, 0.15) is 0 Å². The number of nitrogens with one attached hydrogen (secondary N) is 1. The number of hydrogen-bond acceptors (Lipinski definition) is 4. The zero-order valence-corrected chi connectivity index (χ0v) is 11.1. The normalized spacial score (nSPS) is 12.2. The summed E-state index contributed by atoms with van der Waals surface area (Å²) in [4.78, 5) is 0. The maximum atomic E-state index is 11.4. The zero-order valence-electron chi connectivity index (χ0n) is 10.2. The molecule has 0 bridgehead atoms. The van der Waals surface area contributed by atoms with Crippen molar-refractivity contribution < 1.29 is 13.2 Å². The fourth-order valence-corrected chi connectivity index (χ4v) is 2.22. The highest BCUT2D eigenvalue weighted by molar-refractivity contribution is 7.89. The first kappa shape index (κ1) is 15.8. The van der Waals surface area contributed by atoms with Crippen molar-refractivity contribution in [2.75, 3.05) is 32.1 Å². The molecule has 98 valence electrons. The Morgan fingerprint density at radius 1 is 1.31 bits per heavy atom. The molecule has 0 aliphatic carbocycles. The lowest BCUT2D eigenvalue weighted by molar-refractivity contribution is 0.114. The molecule has 5 nitrogen and oxygen atoms in total. The predicted molar refractivity (Wildman–Crippen MR) is 65.7 cm³/mol. The van der Waals surface area contributed by atoms with Crippen LogP contribution in [0.4, 0.5) is 0 Å². The van der Waals surface area contributed by atoms with Crippen LogP contribution in [0.15, 0.2) is 0 Å². The Morgan fingerprint density at radius 3 is 2.56 bits per heavy atom. The van der Waals surface area contributed by atoms with Gasteiger partial charge >= 0.3 is 0 Å². The summed E-state index contributed by atoms with van der Waals surface area (Å²) in [6, 6.07) is 0. The molecule has 0 atom stereocenters. The van der Waals surface area contributed by atoms with Gasteiger partial charge in [0.15, 0.2) is 0 Å². The topological polar surface area (TPSA) is 81.4 Å². The standard InChI is InChI=1S/C10H24N2O3S/c1-10(2)9-15-7-6-12-16(13,14)8-4-3-5-11/h10,12H,3-9,11H2,1-2H3. The minimum atomic E-state index is -3.14. The van der Waals surface area contributed by atoms with Crippen LogP contribution >= 0.6 is 0 Å². The zero-order chi connectivity index (χ0) is 12.4. The van der Waals surface area contributed by atoms with Crippen molar-refractivity contribution in [3.05, 3.63) is 0 Å². The van der Waals surface area contributed by atoms with E-state index in [0.717, 1.165) is 6.42 Å². The SMILES string of the molecule is CC(C)COCCNS(=O)(=O)CCCCN. The predicted octanol–water partition coefficient (Wildman–Crippen LogP) is 0.317. The summed E-state index contributed by atoms with van der Waals surface area (Å²) in [5, 5.41) is 0. The Morgan fingerprint density at radius 2 is 2.00 bits per heavy atom. The van der Waals surface area contributed by atoms with E-state index in [1.165, 1.54) is 0 Å². The maximum Gasteiger partial charge on any atom is 0.211 e. The van der Waals surface area contributed by atoms with Crippen LogP contribution in [-0.2, 0) is 14.8 Å². The molecule has 3 N–H and O–H groups in total. The first-order chi connectivity index (χ1) is 7.48. The highest BCUT2D eigenvalue weighted by atomic mass is 32.2. The summed E-state index contributed by atoms with van der Waals surface area (Å²) >= 11 is 0. The molecule has 0 radical (unpaired) electrons. The number of unbranched alkanes of at least 4 members (excludes halogenated alkanes) is 1. The third kappa shape index (κ3) is 10.4. The molecule has 6 heteroatoms. The molecule has 16 heavy (non-hydrogen) atoms. The molecular formula is C10H24N2O3S. The Bertz CT molecular complexity index is 253. The van der Waals surface area contributed by atoms with Crippen molar-refractivity contribution in [1.29, 1.82) is 0 Å². The summed E-state index contributed by atoms with van der Waals surface area (Å²) in [6.07, 6.45) is 1.35. The summed E-state index contributed by atoms with van der Waals surface area (Å²) < 4.78 is 30.6. The number of ether oxygens (including phenoxy) is 1. The molecule has 0 fully saturated rings. The van der Waals surface area contributed by atoms with E-state index in [1.54, 1.807) is 0 Å². The van der Waals surface area contributed by atoms with Gasteiger partial charge in [-0.05, 0) is 25.3 Å². The highest BCUT2D eigenvalue weighted by Crippen LogP contribution is 1.94. The second-order valence-corrected chi connectivity index (χ2v) is 6.10. The first-order valence-corrected chi connectivity index (χ1v) is 7.38. The van der Waals surface area contributed by atoms with Crippen LogP contribution in [0.5, 0.6) is 0 Å². The van der Waals surface area contributed by atoms with E-state index < -0.39 is 10.0 Å². The van der Waals surface area contributed by atoms with E-state index in [0.29, 0.717) is 38.6 Å². The van der Waals surface area contributed by atoms with Crippen LogP contribution in [0.1, 0.15) is 26.7 Å². The van der Waals surface area contributed by atoms with Gasteiger partial charge < -0.3 is 10.5 Å².